The van der Waals surface area contributed by atoms with Crippen molar-refractivity contribution in [2.24, 2.45) is 5.41 Å². The smallest absolute Gasteiger partial charge is 0.235 e. The number of piperidine rings is 1. The highest BCUT2D eigenvalue weighted by atomic mass is 35.5. The summed E-state index contributed by atoms with van der Waals surface area (Å²) in [6, 6.07) is 17.2. The predicted molar refractivity (Wildman–Crippen MR) is 102 cm³/mol. The summed E-state index contributed by atoms with van der Waals surface area (Å²) in [6.07, 6.45) is 1.85. The molecule has 0 N–H and O–H groups in total. The van der Waals surface area contributed by atoms with Crippen LogP contribution in [0.1, 0.15) is 18.4 Å². The van der Waals surface area contributed by atoms with Gasteiger partial charge in [-0.15, -0.1) is 0 Å². The normalized spacial score (nSPS) is 18.7. The van der Waals surface area contributed by atoms with Crippen molar-refractivity contribution in [1.82, 2.24) is 4.90 Å². The van der Waals surface area contributed by atoms with Gasteiger partial charge in [-0.05, 0) is 42.7 Å². The second kappa shape index (κ2) is 6.76. The fourth-order valence-electron chi connectivity index (χ4n) is 3.94. The van der Waals surface area contributed by atoms with Crippen LogP contribution in [0.5, 0.6) is 0 Å². The third-order valence-electron chi connectivity index (χ3n) is 5.55. The van der Waals surface area contributed by atoms with Gasteiger partial charge in [-0.2, -0.15) is 0 Å². The maximum absolute atomic E-state index is 12.8. The standard InChI is InChI=1S/C21H21ClN2O2/c22-17-6-4-5-16(13-17)14-19(25)23-11-9-21(10-12-23)15-24(20(21)26)18-7-2-1-3-8-18/h1-8,13H,9-12,14-15H2. The molecule has 2 heterocycles. The molecule has 2 amide bonds. The number of hydrogen-bond donors (Lipinski definition) is 0. The van der Waals surface area contributed by atoms with Gasteiger partial charge in [-0.1, -0.05) is 41.9 Å². The largest absolute Gasteiger partial charge is 0.342 e. The second-order valence-corrected chi connectivity index (χ2v) is 7.63. The van der Waals surface area contributed by atoms with Crippen LogP contribution in [0.2, 0.25) is 5.02 Å². The zero-order chi connectivity index (χ0) is 18.1. The Morgan fingerprint density at radius 3 is 2.42 bits per heavy atom. The molecule has 2 aromatic rings. The monoisotopic (exact) mass is 368 g/mol. The van der Waals surface area contributed by atoms with Crippen LogP contribution in [-0.4, -0.2) is 36.3 Å². The number of amides is 2. The van der Waals surface area contributed by atoms with Gasteiger partial charge < -0.3 is 9.80 Å². The average molecular weight is 369 g/mol. The number of β-lactam (4-membered cyclic amide) rings is 1. The molecule has 1 spiro atoms. The first kappa shape index (κ1) is 17.1. The van der Waals surface area contributed by atoms with Crippen molar-refractivity contribution < 1.29 is 9.59 Å². The lowest BCUT2D eigenvalue weighted by Crippen LogP contribution is -2.65. The van der Waals surface area contributed by atoms with Gasteiger partial charge in [0.15, 0.2) is 0 Å². The molecule has 2 aliphatic rings. The lowest BCUT2D eigenvalue weighted by atomic mass is 9.70. The topological polar surface area (TPSA) is 40.6 Å². The lowest BCUT2D eigenvalue weighted by molar-refractivity contribution is -0.143. The van der Waals surface area contributed by atoms with Crippen LogP contribution < -0.4 is 4.90 Å². The van der Waals surface area contributed by atoms with Crippen molar-refractivity contribution in [1.29, 1.82) is 0 Å². The van der Waals surface area contributed by atoms with E-state index in [-0.39, 0.29) is 17.2 Å². The van der Waals surface area contributed by atoms with Gasteiger partial charge in [0.25, 0.3) is 0 Å². The van der Waals surface area contributed by atoms with Crippen molar-refractivity contribution >= 4 is 29.1 Å². The molecule has 26 heavy (non-hydrogen) atoms. The number of rotatable bonds is 3. The first-order valence-electron chi connectivity index (χ1n) is 8.97. The van der Waals surface area contributed by atoms with Crippen LogP contribution in [0, 0.1) is 5.41 Å². The number of likely N-dealkylation sites (tertiary alicyclic amines) is 1. The summed E-state index contributed by atoms with van der Waals surface area (Å²) < 4.78 is 0. The quantitative estimate of drug-likeness (QED) is 0.777. The van der Waals surface area contributed by atoms with E-state index >= 15 is 0 Å². The highest BCUT2D eigenvalue weighted by Gasteiger charge is 2.53. The third-order valence-corrected chi connectivity index (χ3v) is 5.78. The average Bonchev–Trinajstić information content (AvgIpc) is 2.67. The highest BCUT2D eigenvalue weighted by molar-refractivity contribution is 6.30. The fraction of sp³-hybridized carbons (Fsp3) is 0.333. The molecule has 0 aromatic heterocycles. The Balaban J connectivity index is 1.34. The number of carbonyl (C=O) groups is 2. The molecule has 0 radical (unpaired) electrons. The molecule has 2 saturated heterocycles. The molecule has 0 unspecified atom stereocenters. The van der Waals surface area contributed by atoms with E-state index in [1.54, 1.807) is 6.07 Å². The van der Waals surface area contributed by atoms with E-state index < -0.39 is 0 Å². The lowest BCUT2D eigenvalue weighted by Gasteiger charge is -2.52. The van der Waals surface area contributed by atoms with Gasteiger partial charge >= 0.3 is 0 Å². The number of benzene rings is 2. The Kier molecular flexibility index (Phi) is 4.45. The molecular formula is C21H21ClN2O2. The summed E-state index contributed by atoms with van der Waals surface area (Å²) in [5, 5.41) is 0.647. The minimum atomic E-state index is -0.275. The Bertz CT molecular complexity index is 829. The fourth-order valence-corrected chi connectivity index (χ4v) is 4.16. The molecule has 134 valence electrons. The van der Waals surface area contributed by atoms with Gasteiger partial charge in [0.05, 0.1) is 11.8 Å². The molecule has 0 saturated carbocycles. The number of hydrogen-bond acceptors (Lipinski definition) is 2. The summed E-state index contributed by atoms with van der Waals surface area (Å²) >= 11 is 5.99. The van der Waals surface area contributed by atoms with E-state index in [0.717, 1.165) is 30.6 Å². The third kappa shape index (κ3) is 3.10. The maximum Gasteiger partial charge on any atom is 0.235 e. The SMILES string of the molecule is O=C(Cc1cccc(Cl)c1)N1CCC2(CC1)CN(c1ccccc1)C2=O. The molecular weight excluding hydrogens is 348 g/mol. The van der Waals surface area contributed by atoms with Crippen molar-refractivity contribution in [2.75, 3.05) is 24.5 Å². The molecule has 0 atom stereocenters. The van der Waals surface area contributed by atoms with Crippen LogP contribution in [0.4, 0.5) is 5.69 Å². The second-order valence-electron chi connectivity index (χ2n) is 7.19. The Morgan fingerprint density at radius 2 is 1.77 bits per heavy atom. The summed E-state index contributed by atoms with van der Waals surface area (Å²) in [6.45, 7) is 2.05. The summed E-state index contributed by atoms with van der Waals surface area (Å²) in [7, 11) is 0. The predicted octanol–water partition coefficient (Wildman–Crippen LogP) is 3.54. The van der Waals surface area contributed by atoms with Gasteiger partial charge in [-0.25, -0.2) is 0 Å². The van der Waals surface area contributed by atoms with E-state index in [1.165, 1.54) is 0 Å². The molecule has 2 aromatic carbocycles. The van der Waals surface area contributed by atoms with Crippen molar-refractivity contribution in [3.63, 3.8) is 0 Å². The van der Waals surface area contributed by atoms with Gasteiger partial charge in [0.2, 0.25) is 11.8 Å². The summed E-state index contributed by atoms with van der Waals surface area (Å²) in [5.41, 5.74) is 1.61. The molecule has 0 bridgehead atoms. The van der Waals surface area contributed by atoms with Crippen molar-refractivity contribution in [3.8, 4) is 0 Å². The minimum Gasteiger partial charge on any atom is -0.342 e. The zero-order valence-electron chi connectivity index (χ0n) is 14.5. The van der Waals surface area contributed by atoms with E-state index in [9.17, 15) is 9.59 Å². The zero-order valence-corrected chi connectivity index (χ0v) is 15.3. The number of carbonyl (C=O) groups excluding carboxylic acids is 2. The summed E-state index contributed by atoms with van der Waals surface area (Å²) in [4.78, 5) is 29.0. The van der Waals surface area contributed by atoms with Crippen LogP contribution in [0.15, 0.2) is 54.6 Å². The number of anilines is 1. The first-order valence-corrected chi connectivity index (χ1v) is 9.34. The van der Waals surface area contributed by atoms with E-state index in [1.807, 2.05) is 58.3 Å². The van der Waals surface area contributed by atoms with Crippen molar-refractivity contribution in [3.05, 3.63) is 65.2 Å². The van der Waals surface area contributed by atoms with Crippen LogP contribution in [0.3, 0.4) is 0 Å². The van der Waals surface area contributed by atoms with E-state index in [0.29, 0.717) is 24.5 Å². The molecule has 4 rings (SSSR count). The molecule has 0 aliphatic carbocycles. The molecule has 2 fully saturated rings. The molecule has 2 aliphatic heterocycles. The van der Waals surface area contributed by atoms with Gasteiger partial charge in [0, 0.05) is 30.3 Å². The minimum absolute atomic E-state index is 0.105. The first-order chi connectivity index (χ1) is 12.6. The highest BCUT2D eigenvalue weighted by Crippen LogP contribution is 2.43. The van der Waals surface area contributed by atoms with Crippen LogP contribution >= 0.6 is 11.6 Å². The van der Waals surface area contributed by atoms with Gasteiger partial charge in [-0.3, -0.25) is 9.59 Å². The Morgan fingerprint density at radius 1 is 1.04 bits per heavy atom. The summed E-state index contributed by atoms with van der Waals surface area (Å²) in [5.74, 6) is 0.305. The van der Waals surface area contributed by atoms with E-state index in [2.05, 4.69) is 0 Å². The van der Waals surface area contributed by atoms with Crippen molar-refractivity contribution in [2.45, 2.75) is 19.3 Å². The van der Waals surface area contributed by atoms with Crippen LogP contribution in [0.25, 0.3) is 0 Å². The van der Waals surface area contributed by atoms with Crippen LogP contribution in [-0.2, 0) is 16.0 Å². The molecule has 5 heteroatoms. The van der Waals surface area contributed by atoms with Gasteiger partial charge in [0.1, 0.15) is 0 Å². The maximum atomic E-state index is 12.8. The number of para-hydroxylation sites is 1. The Labute approximate surface area is 158 Å². The Hall–Kier alpha value is -2.33. The number of nitrogens with zero attached hydrogens (tertiary/aromatic N) is 2. The number of halogens is 1. The van der Waals surface area contributed by atoms with E-state index in [4.69, 9.17) is 11.6 Å². The molecule has 4 nitrogen and oxygen atoms in total.